The van der Waals surface area contributed by atoms with E-state index in [2.05, 4.69) is 5.32 Å². The van der Waals surface area contributed by atoms with E-state index in [-0.39, 0.29) is 57.8 Å². The van der Waals surface area contributed by atoms with E-state index >= 15 is 0 Å². The highest BCUT2D eigenvalue weighted by Gasteiger charge is 2.40. The Morgan fingerprint density at radius 2 is 1.55 bits per heavy atom. The molecule has 1 aliphatic carbocycles. The third-order valence-electron chi connectivity index (χ3n) is 13.1. The molecule has 0 spiro atoms. The number of benzene rings is 5. The number of fused-ring (bicyclic) bond motifs is 2. The standard InChI is InChI=1S/C53H46F6N2O7S/c54-52(55,56)44-22-34(48-24-46(62)43-19-31(8-14-47(43)68-48)26-61-27-36(28-61)51(65)66)10-12-40(44)33-5-3-4-32(20-33)39-6-1-2-7-41(39)42-13-11-37(23-45(42)53(57,58)59)67-29-38-21-35-18-30(9-15-49(35)69-38)25-60-17-16-50(63)64/h3-5,8-15,18-24,36,39,41,60H,1-2,6-7,16-17,25-29H2,(H,63,64)(H,65,66). The minimum Gasteiger partial charge on any atom is -0.488 e. The van der Waals surface area contributed by atoms with Crippen molar-refractivity contribution < 1.29 is 55.3 Å². The fourth-order valence-corrected chi connectivity index (χ4v) is 10.6. The first-order valence-electron chi connectivity index (χ1n) is 22.6. The van der Waals surface area contributed by atoms with Crippen molar-refractivity contribution in [3.05, 3.63) is 158 Å². The van der Waals surface area contributed by atoms with Crippen LogP contribution in [0.4, 0.5) is 26.3 Å². The van der Waals surface area contributed by atoms with Gasteiger partial charge in [-0.15, -0.1) is 11.3 Å². The van der Waals surface area contributed by atoms with Crippen LogP contribution in [0.2, 0.25) is 0 Å². The summed E-state index contributed by atoms with van der Waals surface area (Å²) >= 11 is 1.46. The molecule has 0 bridgehead atoms. The van der Waals surface area contributed by atoms with E-state index in [0.29, 0.717) is 57.5 Å². The zero-order valence-corrected chi connectivity index (χ0v) is 37.8. The van der Waals surface area contributed by atoms with E-state index in [4.69, 9.17) is 14.3 Å². The van der Waals surface area contributed by atoms with E-state index in [1.807, 2.05) is 29.2 Å². The van der Waals surface area contributed by atoms with Gasteiger partial charge in [0, 0.05) is 53.9 Å². The van der Waals surface area contributed by atoms with Crippen LogP contribution in [0.1, 0.15) is 82.2 Å². The number of likely N-dealkylation sites (tertiary alicyclic amines) is 1. The molecule has 3 N–H and O–H groups in total. The fourth-order valence-electron chi connectivity index (χ4n) is 9.69. The number of hydrogen-bond donors (Lipinski definition) is 3. The maximum absolute atomic E-state index is 15.0. The van der Waals surface area contributed by atoms with Gasteiger partial charge in [-0.25, -0.2) is 0 Å². The Labute approximate surface area is 396 Å². The molecule has 0 radical (unpaired) electrons. The lowest BCUT2D eigenvalue weighted by atomic mass is 9.71. The van der Waals surface area contributed by atoms with Crippen LogP contribution < -0.4 is 15.5 Å². The van der Waals surface area contributed by atoms with Crippen molar-refractivity contribution in [3.8, 4) is 28.2 Å². The molecular weight excluding hydrogens is 923 g/mol. The zero-order valence-electron chi connectivity index (χ0n) is 37.0. The minimum absolute atomic E-state index is 0.00463. The van der Waals surface area contributed by atoms with Gasteiger partial charge in [0.05, 0.1) is 28.9 Å². The molecule has 9 nitrogen and oxygen atoms in total. The Balaban J connectivity index is 0.942. The number of rotatable bonds is 15. The molecule has 2 aliphatic rings. The van der Waals surface area contributed by atoms with E-state index in [1.165, 1.54) is 29.5 Å². The van der Waals surface area contributed by atoms with Gasteiger partial charge < -0.3 is 24.7 Å². The summed E-state index contributed by atoms with van der Waals surface area (Å²) < 4.78 is 103. The topological polar surface area (TPSA) is 129 Å². The molecule has 358 valence electrons. The summed E-state index contributed by atoms with van der Waals surface area (Å²) in [4.78, 5) is 38.1. The molecule has 0 amide bonds. The summed E-state index contributed by atoms with van der Waals surface area (Å²) in [6.07, 6.45) is -7.14. The van der Waals surface area contributed by atoms with Gasteiger partial charge >= 0.3 is 24.3 Å². The maximum atomic E-state index is 15.0. The van der Waals surface area contributed by atoms with Gasteiger partial charge in [0.15, 0.2) is 5.43 Å². The van der Waals surface area contributed by atoms with Crippen molar-refractivity contribution in [3.63, 3.8) is 0 Å². The first-order chi connectivity index (χ1) is 33.0. The third-order valence-corrected chi connectivity index (χ3v) is 14.2. The predicted molar refractivity (Wildman–Crippen MR) is 250 cm³/mol. The number of nitrogens with zero attached hydrogens (tertiary/aromatic N) is 1. The monoisotopic (exact) mass is 968 g/mol. The normalized spacial score (nSPS) is 17.0. The second kappa shape index (κ2) is 19.5. The molecule has 1 saturated heterocycles. The van der Waals surface area contributed by atoms with Crippen LogP contribution in [0.15, 0.2) is 118 Å². The number of hydrogen-bond acceptors (Lipinski definition) is 8. The number of alkyl halides is 6. The van der Waals surface area contributed by atoms with Crippen LogP contribution in [0, 0.1) is 5.92 Å². The summed E-state index contributed by atoms with van der Waals surface area (Å²) in [5.74, 6) is -3.20. The highest BCUT2D eigenvalue weighted by Crippen LogP contribution is 2.49. The minimum atomic E-state index is -4.83. The maximum Gasteiger partial charge on any atom is 0.417 e. The molecule has 2 aromatic heterocycles. The van der Waals surface area contributed by atoms with Gasteiger partial charge in [0.1, 0.15) is 23.7 Å². The molecule has 1 aliphatic heterocycles. The fraction of sp³-hybridized carbons (Fsp3) is 0.302. The number of carboxylic acid groups (broad SMARTS) is 2. The largest absolute Gasteiger partial charge is 0.488 e. The number of aliphatic carboxylic acids is 2. The van der Waals surface area contributed by atoms with Crippen molar-refractivity contribution in [2.75, 3.05) is 19.6 Å². The van der Waals surface area contributed by atoms with Crippen molar-refractivity contribution in [1.82, 2.24) is 10.2 Å². The highest BCUT2D eigenvalue weighted by molar-refractivity contribution is 7.19. The van der Waals surface area contributed by atoms with Crippen LogP contribution in [-0.2, 0) is 41.6 Å². The molecule has 3 heterocycles. The van der Waals surface area contributed by atoms with Gasteiger partial charge in [-0.3, -0.25) is 19.3 Å². The number of ether oxygens (including phenoxy) is 1. The number of halogens is 6. The second-order valence-corrected chi connectivity index (χ2v) is 19.0. The van der Waals surface area contributed by atoms with Crippen LogP contribution in [0.5, 0.6) is 5.75 Å². The van der Waals surface area contributed by atoms with Crippen LogP contribution in [0.3, 0.4) is 0 Å². The lowest BCUT2D eigenvalue weighted by Crippen LogP contribution is -2.49. The smallest absolute Gasteiger partial charge is 0.417 e. The van der Waals surface area contributed by atoms with Gasteiger partial charge in [-0.1, -0.05) is 67.4 Å². The average molecular weight is 969 g/mol. The number of nitrogens with one attached hydrogen (secondary N) is 1. The predicted octanol–water partition coefficient (Wildman–Crippen LogP) is 12.5. The molecule has 5 aromatic carbocycles. The van der Waals surface area contributed by atoms with Gasteiger partial charge in [0.25, 0.3) is 0 Å². The zero-order chi connectivity index (χ0) is 48.6. The molecule has 1 saturated carbocycles. The Hall–Kier alpha value is -6.49. The van der Waals surface area contributed by atoms with Crippen LogP contribution >= 0.6 is 11.3 Å². The van der Waals surface area contributed by atoms with E-state index in [9.17, 15) is 45.8 Å². The summed E-state index contributed by atoms with van der Waals surface area (Å²) in [6.45, 7) is 2.05. The Kier molecular flexibility index (Phi) is 13.4. The van der Waals surface area contributed by atoms with Crippen LogP contribution in [-0.4, -0.2) is 46.7 Å². The first-order valence-corrected chi connectivity index (χ1v) is 23.4. The van der Waals surface area contributed by atoms with Crippen molar-refractivity contribution in [1.29, 1.82) is 0 Å². The molecule has 2 fully saturated rings. The second-order valence-electron chi connectivity index (χ2n) is 17.9. The lowest BCUT2D eigenvalue weighted by Gasteiger charge is -2.36. The molecule has 16 heteroatoms. The molecular formula is C53H46F6N2O7S. The van der Waals surface area contributed by atoms with Crippen molar-refractivity contribution in [2.45, 2.75) is 76.0 Å². The van der Waals surface area contributed by atoms with E-state index < -0.39 is 58.6 Å². The SMILES string of the molecule is O=C(O)CCNCc1ccc2sc(COc3ccc(C4CCCCC4c4cccc(-c5ccc(-c6cc(=O)c7cc(CN8CC(C(=O)O)C8)ccc7o6)cc5C(F)(F)F)c4)c(C(F)(F)F)c3)cc2c1. The number of thiophene rings is 1. The summed E-state index contributed by atoms with van der Waals surface area (Å²) in [5.41, 5.74) is 0.539. The number of carbonyl (C=O) groups is 2. The molecule has 2 atom stereocenters. The van der Waals surface area contributed by atoms with Gasteiger partial charge in [0.2, 0.25) is 0 Å². The van der Waals surface area contributed by atoms with E-state index in [0.717, 1.165) is 50.7 Å². The number of carboxylic acids is 2. The highest BCUT2D eigenvalue weighted by atomic mass is 32.1. The van der Waals surface area contributed by atoms with E-state index in [1.54, 1.807) is 48.5 Å². The summed E-state index contributed by atoms with van der Waals surface area (Å²) in [7, 11) is 0. The summed E-state index contributed by atoms with van der Waals surface area (Å²) in [5, 5.41) is 22.3. The average Bonchev–Trinajstić information content (AvgIpc) is 3.72. The Morgan fingerprint density at radius 1 is 0.783 bits per heavy atom. The molecule has 7 aromatic rings. The van der Waals surface area contributed by atoms with Gasteiger partial charge in [-0.05, 0) is 112 Å². The van der Waals surface area contributed by atoms with Crippen LogP contribution in [0.25, 0.3) is 43.5 Å². The van der Waals surface area contributed by atoms with Gasteiger partial charge in [-0.2, -0.15) is 26.3 Å². The molecule has 69 heavy (non-hydrogen) atoms. The molecule has 2 unspecified atom stereocenters. The summed E-state index contributed by atoms with van der Waals surface area (Å²) in [6, 6.07) is 28.2. The quantitative estimate of drug-likeness (QED) is 0.0679. The Bertz CT molecular complexity index is 3120. The third kappa shape index (κ3) is 10.7. The Morgan fingerprint density at radius 3 is 2.30 bits per heavy atom. The van der Waals surface area contributed by atoms with Crippen molar-refractivity contribution >= 4 is 44.3 Å². The molecule has 9 rings (SSSR count). The lowest BCUT2D eigenvalue weighted by molar-refractivity contribution is -0.148. The van der Waals surface area contributed by atoms with Crippen molar-refractivity contribution in [2.24, 2.45) is 5.92 Å². The first kappa shape index (κ1) is 47.6.